The molecule has 1 heterocycles. The molecule has 1 aliphatic heterocycles. The lowest BCUT2D eigenvalue weighted by Gasteiger charge is -2.10. The van der Waals surface area contributed by atoms with Crippen LogP contribution >= 0.6 is 0 Å². The van der Waals surface area contributed by atoms with Crippen molar-refractivity contribution in [1.82, 2.24) is 5.32 Å². The molecule has 0 spiro atoms. The summed E-state index contributed by atoms with van der Waals surface area (Å²) in [5.74, 6) is 1.49. The van der Waals surface area contributed by atoms with Crippen LogP contribution in [0.1, 0.15) is 25.0 Å². The first-order valence-corrected chi connectivity index (χ1v) is 7.17. The fourth-order valence-corrected chi connectivity index (χ4v) is 2.26. The van der Waals surface area contributed by atoms with Gasteiger partial charge in [0, 0.05) is 30.2 Å². The van der Waals surface area contributed by atoms with Gasteiger partial charge in [0.2, 0.25) is 5.91 Å². The first-order chi connectivity index (χ1) is 10.1. The molecule has 1 N–H and O–H groups in total. The molecular weight excluding hydrogens is 266 g/mol. The third-order valence-corrected chi connectivity index (χ3v) is 3.16. The van der Waals surface area contributed by atoms with E-state index >= 15 is 0 Å². The Balaban J connectivity index is 2.21. The highest BCUT2D eigenvalue weighted by molar-refractivity contribution is 5.92. The normalized spacial score (nSPS) is 16.4. The van der Waals surface area contributed by atoms with Gasteiger partial charge in [-0.3, -0.25) is 4.79 Å². The first-order valence-electron chi connectivity index (χ1n) is 7.17. The van der Waals surface area contributed by atoms with Crippen molar-refractivity contribution in [1.29, 1.82) is 0 Å². The lowest BCUT2D eigenvalue weighted by Crippen LogP contribution is -2.20. The maximum atomic E-state index is 11.6. The van der Waals surface area contributed by atoms with Crippen LogP contribution in [0.4, 0.5) is 0 Å². The van der Waals surface area contributed by atoms with Gasteiger partial charge in [0.25, 0.3) is 0 Å². The van der Waals surface area contributed by atoms with Crippen LogP contribution < -0.4 is 14.8 Å². The molecule has 1 aromatic rings. The van der Waals surface area contributed by atoms with Crippen LogP contribution in [-0.2, 0) is 11.2 Å². The van der Waals surface area contributed by atoms with Gasteiger partial charge in [0.15, 0.2) is 0 Å². The van der Waals surface area contributed by atoms with Gasteiger partial charge >= 0.3 is 0 Å². The second-order valence-corrected chi connectivity index (χ2v) is 4.93. The van der Waals surface area contributed by atoms with E-state index in [9.17, 15) is 4.79 Å². The summed E-state index contributed by atoms with van der Waals surface area (Å²) in [4.78, 5) is 11.6. The molecule has 21 heavy (non-hydrogen) atoms. The van der Waals surface area contributed by atoms with Crippen LogP contribution in [0.5, 0.6) is 11.5 Å². The number of amides is 1. The second-order valence-electron chi connectivity index (χ2n) is 4.93. The predicted molar refractivity (Wildman–Crippen MR) is 83.6 cm³/mol. The van der Waals surface area contributed by atoms with E-state index in [4.69, 9.17) is 9.47 Å². The van der Waals surface area contributed by atoms with E-state index in [2.05, 4.69) is 11.9 Å². The Kier molecular flexibility index (Phi) is 5.04. The fourth-order valence-electron chi connectivity index (χ4n) is 2.26. The van der Waals surface area contributed by atoms with Gasteiger partial charge in [-0.15, -0.1) is 6.58 Å². The molecule has 0 aromatic heterocycles. The summed E-state index contributed by atoms with van der Waals surface area (Å²) in [5, 5.41) is 2.70. The molecule has 112 valence electrons. The number of benzene rings is 1. The molecule has 0 fully saturated rings. The van der Waals surface area contributed by atoms with Crippen LogP contribution in [0.3, 0.4) is 0 Å². The Hall–Kier alpha value is -2.23. The highest BCUT2D eigenvalue weighted by atomic mass is 16.5. The van der Waals surface area contributed by atoms with Crippen LogP contribution in [0.2, 0.25) is 0 Å². The van der Waals surface area contributed by atoms with Crippen molar-refractivity contribution in [2.45, 2.75) is 26.4 Å². The number of fused-ring (bicyclic) bond motifs is 1. The number of hydrogen-bond donors (Lipinski definition) is 1. The van der Waals surface area contributed by atoms with Gasteiger partial charge in [-0.25, -0.2) is 0 Å². The molecule has 0 radical (unpaired) electrons. The largest absolute Gasteiger partial charge is 0.493 e. The van der Waals surface area contributed by atoms with E-state index in [1.807, 2.05) is 26.0 Å². The molecule has 4 heteroatoms. The van der Waals surface area contributed by atoms with Crippen molar-refractivity contribution in [3.8, 4) is 11.5 Å². The number of nitrogens with one attached hydrogen (secondary N) is 1. The number of rotatable bonds is 6. The molecule has 4 nitrogen and oxygen atoms in total. The standard InChI is InChI=1S/C17H21NO3/c1-4-8-18-17(19)7-6-13-10-16-14(9-12(3)21-16)11-15(13)20-5-2/h4,6-7,10-12H,1,5,8-9H2,2-3H3,(H,18,19)/b7-6+. The number of ether oxygens (including phenoxy) is 2. The van der Waals surface area contributed by atoms with Crippen LogP contribution in [0.15, 0.2) is 30.9 Å². The minimum Gasteiger partial charge on any atom is -0.493 e. The molecule has 2 rings (SSSR count). The van der Waals surface area contributed by atoms with E-state index in [0.717, 1.165) is 29.0 Å². The quantitative estimate of drug-likeness (QED) is 0.646. The van der Waals surface area contributed by atoms with E-state index in [0.29, 0.717) is 13.2 Å². The zero-order valence-electron chi connectivity index (χ0n) is 12.5. The molecule has 1 aliphatic rings. The minimum atomic E-state index is -0.160. The highest BCUT2D eigenvalue weighted by Gasteiger charge is 2.21. The lowest BCUT2D eigenvalue weighted by atomic mass is 10.1. The second kappa shape index (κ2) is 6.97. The van der Waals surface area contributed by atoms with Crippen molar-refractivity contribution in [3.63, 3.8) is 0 Å². The Morgan fingerprint density at radius 3 is 3.10 bits per heavy atom. The van der Waals surface area contributed by atoms with E-state index in [1.165, 1.54) is 6.08 Å². The topological polar surface area (TPSA) is 47.6 Å². The number of carbonyl (C=O) groups excluding carboxylic acids is 1. The maximum Gasteiger partial charge on any atom is 0.244 e. The van der Waals surface area contributed by atoms with Crippen molar-refractivity contribution >= 4 is 12.0 Å². The van der Waals surface area contributed by atoms with Gasteiger partial charge in [-0.2, -0.15) is 0 Å². The molecule has 1 atom stereocenters. The predicted octanol–water partition coefficient (Wildman–Crippen LogP) is 2.72. The fraction of sp³-hybridized carbons (Fsp3) is 0.353. The van der Waals surface area contributed by atoms with Crippen molar-refractivity contribution < 1.29 is 14.3 Å². The third-order valence-electron chi connectivity index (χ3n) is 3.16. The minimum absolute atomic E-state index is 0.160. The zero-order valence-corrected chi connectivity index (χ0v) is 12.5. The summed E-state index contributed by atoms with van der Waals surface area (Å²) in [7, 11) is 0. The van der Waals surface area contributed by atoms with Gasteiger partial charge in [0.05, 0.1) is 6.61 Å². The highest BCUT2D eigenvalue weighted by Crippen LogP contribution is 2.35. The molecule has 1 aromatic carbocycles. The summed E-state index contributed by atoms with van der Waals surface area (Å²) < 4.78 is 11.4. The van der Waals surface area contributed by atoms with Crippen LogP contribution in [-0.4, -0.2) is 25.2 Å². The zero-order chi connectivity index (χ0) is 15.2. The molecule has 0 saturated carbocycles. The van der Waals surface area contributed by atoms with E-state index in [1.54, 1.807) is 12.2 Å². The smallest absolute Gasteiger partial charge is 0.244 e. The van der Waals surface area contributed by atoms with Gasteiger partial charge < -0.3 is 14.8 Å². The van der Waals surface area contributed by atoms with Gasteiger partial charge in [-0.05, 0) is 32.1 Å². The summed E-state index contributed by atoms with van der Waals surface area (Å²) in [6, 6.07) is 3.94. The average molecular weight is 287 g/mol. The Labute approximate surface area is 125 Å². The van der Waals surface area contributed by atoms with E-state index < -0.39 is 0 Å². The van der Waals surface area contributed by atoms with E-state index in [-0.39, 0.29) is 12.0 Å². The SMILES string of the molecule is C=CCNC(=O)/C=C/c1cc2c(cc1OCC)CC(C)O2. The lowest BCUT2D eigenvalue weighted by molar-refractivity contribution is -0.116. The summed E-state index contributed by atoms with van der Waals surface area (Å²) in [5.41, 5.74) is 2.00. The molecule has 1 amide bonds. The summed E-state index contributed by atoms with van der Waals surface area (Å²) in [6.45, 7) is 8.57. The van der Waals surface area contributed by atoms with Crippen LogP contribution in [0.25, 0.3) is 6.08 Å². The molecule has 0 aliphatic carbocycles. The van der Waals surface area contributed by atoms with Gasteiger partial charge in [-0.1, -0.05) is 6.08 Å². The Bertz CT molecular complexity index is 563. The maximum absolute atomic E-state index is 11.6. The average Bonchev–Trinajstić information content (AvgIpc) is 2.82. The summed E-state index contributed by atoms with van der Waals surface area (Å²) >= 11 is 0. The number of carbonyl (C=O) groups is 1. The van der Waals surface area contributed by atoms with Gasteiger partial charge in [0.1, 0.15) is 17.6 Å². The number of hydrogen-bond acceptors (Lipinski definition) is 3. The monoisotopic (exact) mass is 287 g/mol. The Morgan fingerprint density at radius 1 is 1.57 bits per heavy atom. The van der Waals surface area contributed by atoms with Crippen LogP contribution in [0, 0.1) is 0 Å². The Morgan fingerprint density at radius 2 is 2.38 bits per heavy atom. The molecule has 1 unspecified atom stereocenters. The molecular formula is C17H21NO3. The summed E-state index contributed by atoms with van der Waals surface area (Å²) in [6.07, 6.45) is 5.95. The molecule has 0 bridgehead atoms. The first kappa shape index (κ1) is 15.2. The van der Waals surface area contributed by atoms with Crippen molar-refractivity contribution in [2.24, 2.45) is 0 Å². The van der Waals surface area contributed by atoms with Crippen molar-refractivity contribution in [3.05, 3.63) is 42.0 Å². The van der Waals surface area contributed by atoms with Crippen molar-refractivity contribution in [2.75, 3.05) is 13.2 Å². The molecule has 0 saturated heterocycles. The third kappa shape index (κ3) is 3.88.